The lowest BCUT2D eigenvalue weighted by Gasteiger charge is -2.21. The summed E-state index contributed by atoms with van der Waals surface area (Å²) in [6.07, 6.45) is -5.85. The van der Waals surface area contributed by atoms with Gasteiger partial charge in [-0.25, -0.2) is 5.84 Å². The maximum atomic E-state index is 10.7. The first-order valence-electron chi connectivity index (χ1n) is 3.85. The fourth-order valence-electron chi connectivity index (χ4n) is 0.795. The zero-order valence-electron chi connectivity index (χ0n) is 7.61. The molecule has 3 atom stereocenters. The Bertz CT molecular complexity index is 245. The number of aliphatic hydroxyl groups is 4. The Morgan fingerprint density at radius 3 is 2.20 bits per heavy atom. The number of oxime groups is 1. The van der Waals surface area contributed by atoms with Crippen molar-refractivity contribution in [2.45, 2.75) is 18.3 Å². The number of hydrogen-bond acceptors (Lipinski definition) is 8. The molecule has 8 N–H and O–H groups in total. The SMILES string of the molecule is NNC(=O)[C@H](O)[C@@H](O)[C@H](O)/C(CO)=N/O. The van der Waals surface area contributed by atoms with Gasteiger partial charge in [0.1, 0.15) is 17.9 Å². The minimum Gasteiger partial charge on any atom is -0.411 e. The fraction of sp³-hybridized carbons (Fsp3) is 0.667. The summed E-state index contributed by atoms with van der Waals surface area (Å²) in [5, 5.41) is 46.8. The molecule has 0 bridgehead atoms. The standard InChI is InChI=1S/C6H13N3O6/c7-8-6(14)5(13)4(12)3(11)2(1-10)9-15/h3-5,10-13,15H,1,7H2,(H,8,14)/b9-2+/t3-,4+,5-/m1/s1. The third-order valence-electron chi connectivity index (χ3n) is 1.69. The molecule has 0 aromatic carbocycles. The molecule has 0 radical (unpaired) electrons. The molecule has 15 heavy (non-hydrogen) atoms. The molecule has 0 spiro atoms. The van der Waals surface area contributed by atoms with Gasteiger partial charge in [0.2, 0.25) is 0 Å². The second kappa shape index (κ2) is 6.27. The molecule has 9 heteroatoms. The monoisotopic (exact) mass is 223 g/mol. The topological polar surface area (TPSA) is 169 Å². The second-order valence-electron chi connectivity index (χ2n) is 2.64. The molecule has 0 fully saturated rings. The molecule has 0 aromatic heterocycles. The number of amides is 1. The van der Waals surface area contributed by atoms with E-state index in [4.69, 9.17) is 15.4 Å². The van der Waals surface area contributed by atoms with Crippen LogP contribution in [-0.2, 0) is 4.79 Å². The van der Waals surface area contributed by atoms with Crippen LogP contribution >= 0.6 is 0 Å². The van der Waals surface area contributed by atoms with Crippen LogP contribution in [0.15, 0.2) is 5.16 Å². The first kappa shape index (κ1) is 13.7. The fourth-order valence-corrected chi connectivity index (χ4v) is 0.795. The zero-order chi connectivity index (χ0) is 12.0. The van der Waals surface area contributed by atoms with Crippen LogP contribution in [0.25, 0.3) is 0 Å². The van der Waals surface area contributed by atoms with Crippen LogP contribution in [-0.4, -0.2) is 62.2 Å². The van der Waals surface area contributed by atoms with E-state index in [9.17, 15) is 15.0 Å². The summed E-state index contributed by atoms with van der Waals surface area (Å²) in [6, 6.07) is 0. The summed E-state index contributed by atoms with van der Waals surface area (Å²) in [4.78, 5) is 10.7. The van der Waals surface area contributed by atoms with Gasteiger partial charge in [0, 0.05) is 0 Å². The number of carbonyl (C=O) groups excluding carboxylic acids is 1. The van der Waals surface area contributed by atoms with E-state index in [1.165, 1.54) is 0 Å². The van der Waals surface area contributed by atoms with Crippen LogP contribution in [0.2, 0.25) is 0 Å². The molecule has 0 unspecified atom stereocenters. The van der Waals surface area contributed by atoms with Crippen LogP contribution in [0.3, 0.4) is 0 Å². The van der Waals surface area contributed by atoms with Crippen molar-refractivity contribution in [3.63, 3.8) is 0 Å². The first-order chi connectivity index (χ1) is 6.99. The average molecular weight is 223 g/mol. The second-order valence-corrected chi connectivity index (χ2v) is 2.64. The molecular formula is C6H13N3O6. The molecule has 0 heterocycles. The third-order valence-corrected chi connectivity index (χ3v) is 1.69. The first-order valence-corrected chi connectivity index (χ1v) is 3.85. The van der Waals surface area contributed by atoms with E-state index in [0.29, 0.717) is 0 Å². The Morgan fingerprint density at radius 2 is 1.87 bits per heavy atom. The highest BCUT2D eigenvalue weighted by Gasteiger charge is 2.32. The third kappa shape index (κ3) is 3.42. The number of rotatable bonds is 5. The largest absolute Gasteiger partial charge is 0.411 e. The van der Waals surface area contributed by atoms with Gasteiger partial charge < -0.3 is 25.6 Å². The van der Waals surface area contributed by atoms with Crippen molar-refractivity contribution < 1.29 is 30.4 Å². The summed E-state index contributed by atoms with van der Waals surface area (Å²) in [5.41, 5.74) is 0.959. The maximum absolute atomic E-state index is 10.7. The van der Waals surface area contributed by atoms with Gasteiger partial charge in [-0.3, -0.25) is 10.2 Å². The molecule has 0 aromatic rings. The van der Waals surface area contributed by atoms with Crippen LogP contribution in [0, 0.1) is 0 Å². The Labute approximate surface area is 84.4 Å². The van der Waals surface area contributed by atoms with E-state index in [1.807, 2.05) is 0 Å². The predicted molar refractivity (Wildman–Crippen MR) is 46.7 cm³/mol. The van der Waals surface area contributed by atoms with E-state index in [0.717, 1.165) is 0 Å². The van der Waals surface area contributed by atoms with Crippen molar-refractivity contribution in [3.05, 3.63) is 0 Å². The normalized spacial score (nSPS) is 18.1. The lowest BCUT2D eigenvalue weighted by molar-refractivity contribution is -0.138. The molecule has 0 aliphatic rings. The van der Waals surface area contributed by atoms with Crippen LogP contribution < -0.4 is 11.3 Å². The highest BCUT2D eigenvalue weighted by molar-refractivity contribution is 5.91. The molecule has 0 saturated heterocycles. The van der Waals surface area contributed by atoms with Gasteiger partial charge >= 0.3 is 0 Å². The highest BCUT2D eigenvalue weighted by atomic mass is 16.4. The van der Waals surface area contributed by atoms with Crippen molar-refractivity contribution >= 4 is 11.6 Å². The van der Waals surface area contributed by atoms with E-state index in [2.05, 4.69) is 11.0 Å². The number of hydrazine groups is 1. The predicted octanol–water partition coefficient (Wildman–Crippen LogP) is -4.12. The Kier molecular flexibility index (Phi) is 5.74. The highest BCUT2D eigenvalue weighted by Crippen LogP contribution is 2.02. The summed E-state index contributed by atoms with van der Waals surface area (Å²) >= 11 is 0. The summed E-state index contributed by atoms with van der Waals surface area (Å²) in [6.45, 7) is -0.842. The van der Waals surface area contributed by atoms with Gasteiger partial charge in [0.15, 0.2) is 6.10 Å². The van der Waals surface area contributed by atoms with Gasteiger partial charge in [-0.15, -0.1) is 0 Å². The van der Waals surface area contributed by atoms with E-state index < -0.39 is 36.5 Å². The molecule has 0 saturated carbocycles. The van der Waals surface area contributed by atoms with E-state index in [-0.39, 0.29) is 0 Å². The lowest BCUT2D eigenvalue weighted by Crippen LogP contribution is -2.51. The van der Waals surface area contributed by atoms with Gasteiger partial charge in [0.05, 0.1) is 6.61 Å². The van der Waals surface area contributed by atoms with Crippen LogP contribution in [0.1, 0.15) is 0 Å². The van der Waals surface area contributed by atoms with Gasteiger partial charge in [-0.05, 0) is 0 Å². The van der Waals surface area contributed by atoms with Crippen molar-refractivity contribution in [1.82, 2.24) is 5.43 Å². The minimum absolute atomic E-state index is 0.591. The van der Waals surface area contributed by atoms with E-state index in [1.54, 1.807) is 5.43 Å². The summed E-state index contributed by atoms with van der Waals surface area (Å²) in [5.74, 6) is 3.54. The smallest absolute Gasteiger partial charge is 0.265 e. The molecule has 1 amide bonds. The van der Waals surface area contributed by atoms with E-state index >= 15 is 0 Å². The average Bonchev–Trinajstić information content (AvgIpc) is 2.27. The number of nitrogens with one attached hydrogen (secondary N) is 1. The number of hydrogen-bond donors (Lipinski definition) is 7. The van der Waals surface area contributed by atoms with Crippen LogP contribution in [0.4, 0.5) is 0 Å². The molecule has 9 nitrogen and oxygen atoms in total. The quantitative estimate of drug-likeness (QED) is 0.0816. The molecule has 88 valence electrons. The number of aliphatic hydroxyl groups excluding tert-OH is 4. The Balaban J connectivity index is 4.56. The minimum atomic E-state index is -2.01. The number of nitrogens with two attached hydrogens (primary N) is 1. The lowest BCUT2D eigenvalue weighted by atomic mass is 10.0. The summed E-state index contributed by atoms with van der Waals surface area (Å²) < 4.78 is 0. The van der Waals surface area contributed by atoms with Gasteiger partial charge in [-0.2, -0.15) is 0 Å². The molecule has 0 rings (SSSR count). The van der Waals surface area contributed by atoms with Gasteiger partial charge in [0.25, 0.3) is 5.91 Å². The summed E-state index contributed by atoms with van der Waals surface area (Å²) in [7, 11) is 0. The van der Waals surface area contributed by atoms with Crippen molar-refractivity contribution in [2.75, 3.05) is 6.61 Å². The molecule has 0 aliphatic heterocycles. The zero-order valence-corrected chi connectivity index (χ0v) is 7.61. The molecular weight excluding hydrogens is 210 g/mol. The van der Waals surface area contributed by atoms with Gasteiger partial charge in [-0.1, -0.05) is 5.16 Å². The maximum Gasteiger partial charge on any atom is 0.265 e. The molecule has 0 aliphatic carbocycles. The Hall–Kier alpha value is -1.26. The van der Waals surface area contributed by atoms with Crippen molar-refractivity contribution in [3.8, 4) is 0 Å². The van der Waals surface area contributed by atoms with Crippen LogP contribution in [0.5, 0.6) is 0 Å². The Morgan fingerprint density at radius 1 is 1.33 bits per heavy atom. The van der Waals surface area contributed by atoms with Crippen molar-refractivity contribution in [1.29, 1.82) is 0 Å². The number of carbonyl (C=O) groups is 1. The number of nitrogens with zero attached hydrogens (tertiary/aromatic N) is 1. The van der Waals surface area contributed by atoms with Crippen molar-refractivity contribution in [2.24, 2.45) is 11.0 Å².